The lowest BCUT2D eigenvalue weighted by atomic mass is 9.92. The van der Waals surface area contributed by atoms with Crippen LogP contribution >= 0.6 is 0 Å². The molecule has 1 N–H and O–H groups in total. The van der Waals surface area contributed by atoms with Crippen LogP contribution in [0, 0.1) is 17.7 Å². The molecule has 1 atom stereocenters. The van der Waals surface area contributed by atoms with Crippen LogP contribution < -0.4 is 4.74 Å². The van der Waals surface area contributed by atoms with Crippen LogP contribution in [0.1, 0.15) is 25.7 Å². The molecule has 1 aromatic rings. The third-order valence-electron chi connectivity index (χ3n) is 3.51. The van der Waals surface area contributed by atoms with Crippen molar-refractivity contribution in [2.75, 3.05) is 6.61 Å². The minimum absolute atomic E-state index is 0.115. The molecule has 3 nitrogen and oxygen atoms in total. The number of rotatable bonds is 5. The van der Waals surface area contributed by atoms with Gasteiger partial charge < -0.3 is 9.84 Å². The molecule has 1 aliphatic carbocycles. The van der Waals surface area contributed by atoms with Crippen LogP contribution in [0.15, 0.2) is 24.3 Å². The molecule has 1 fully saturated rings. The summed E-state index contributed by atoms with van der Waals surface area (Å²) in [4.78, 5) is 11.2. The zero-order chi connectivity index (χ0) is 13.0. The van der Waals surface area contributed by atoms with Gasteiger partial charge in [0.1, 0.15) is 18.2 Å². The van der Waals surface area contributed by atoms with E-state index in [9.17, 15) is 14.3 Å². The molecule has 0 spiro atoms. The summed E-state index contributed by atoms with van der Waals surface area (Å²) in [5.74, 6) is -1.11. The number of hydrogen-bond donors (Lipinski definition) is 1. The van der Waals surface area contributed by atoms with Crippen LogP contribution in [0.2, 0.25) is 0 Å². The van der Waals surface area contributed by atoms with Gasteiger partial charge in [-0.3, -0.25) is 4.79 Å². The van der Waals surface area contributed by atoms with Crippen LogP contribution in [0.25, 0.3) is 0 Å². The average molecular weight is 252 g/mol. The molecule has 1 saturated carbocycles. The molecular formula is C14H17FO3. The lowest BCUT2D eigenvalue weighted by Gasteiger charge is -2.19. The highest BCUT2D eigenvalue weighted by molar-refractivity contribution is 5.70. The summed E-state index contributed by atoms with van der Waals surface area (Å²) in [6.45, 7) is 0.115. The predicted molar refractivity (Wildman–Crippen MR) is 65.0 cm³/mol. The highest BCUT2D eigenvalue weighted by Crippen LogP contribution is 2.32. The van der Waals surface area contributed by atoms with E-state index >= 15 is 0 Å². The van der Waals surface area contributed by atoms with Crippen molar-refractivity contribution in [3.63, 3.8) is 0 Å². The second-order valence-electron chi connectivity index (χ2n) is 4.76. The van der Waals surface area contributed by atoms with E-state index in [1.54, 1.807) is 12.1 Å². The Bertz CT molecular complexity index is 413. The number of hydrogen-bond acceptors (Lipinski definition) is 2. The summed E-state index contributed by atoms with van der Waals surface area (Å²) in [6.07, 6.45) is 4.08. The summed E-state index contributed by atoms with van der Waals surface area (Å²) in [7, 11) is 0. The van der Waals surface area contributed by atoms with E-state index in [0.717, 1.165) is 25.7 Å². The quantitative estimate of drug-likeness (QED) is 0.875. The molecule has 0 radical (unpaired) electrons. The lowest BCUT2D eigenvalue weighted by Crippen LogP contribution is -2.28. The van der Waals surface area contributed by atoms with E-state index in [1.165, 1.54) is 12.1 Å². The fourth-order valence-corrected chi connectivity index (χ4v) is 2.51. The van der Waals surface area contributed by atoms with E-state index < -0.39 is 11.9 Å². The Hall–Kier alpha value is -1.58. The first-order chi connectivity index (χ1) is 8.66. The first kappa shape index (κ1) is 12.9. The molecule has 2 rings (SSSR count). The largest absolute Gasteiger partial charge is 0.493 e. The number of carbonyl (C=O) groups is 1. The van der Waals surface area contributed by atoms with Crippen LogP contribution in [-0.4, -0.2) is 17.7 Å². The normalized spacial score (nSPS) is 17.6. The van der Waals surface area contributed by atoms with E-state index in [-0.39, 0.29) is 18.3 Å². The first-order valence-electron chi connectivity index (χ1n) is 6.28. The minimum Gasteiger partial charge on any atom is -0.493 e. The van der Waals surface area contributed by atoms with Crippen molar-refractivity contribution in [1.82, 2.24) is 0 Å². The molecule has 4 heteroatoms. The summed E-state index contributed by atoms with van der Waals surface area (Å²) in [5, 5.41) is 9.21. The maximum Gasteiger partial charge on any atom is 0.310 e. The van der Waals surface area contributed by atoms with Crippen molar-refractivity contribution in [1.29, 1.82) is 0 Å². The van der Waals surface area contributed by atoms with Gasteiger partial charge in [0.05, 0.1) is 5.92 Å². The molecule has 0 saturated heterocycles. The topological polar surface area (TPSA) is 46.5 Å². The summed E-state index contributed by atoms with van der Waals surface area (Å²) < 4.78 is 18.4. The van der Waals surface area contributed by atoms with E-state index in [0.29, 0.717) is 5.75 Å². The Morgan fingerprint density at radius 3 is 2.78 bits per heavy atom. The number of ether oxygens (including phenoxy) is 1. The SMILES string of the molecule is O=C(O)C(COc1cccc(F)c1)C1CCCC1. The average Bonchev–Trinajstić information content (AvgIpc) is 2.82. The molecule has 98 valence electrons. The lowest BCUT2D eigenvalue weighted by molar-refractivity contribution is -0.144. The third-order valence-corrected chi connectivity index (χ3v) is 3.51. The number of carboxylic acid groups (broad SMARTS) is 1. The molecule has 1 unspecified atom stereocenters. The molecule has 18 heavy (non-hydrogen) atoms. The van der Waals surface area contributed by atoms with E-state index in [4.69, 9.17) is 4.74 Å². The Kier molecular flexibility index (Phi) is 4.18. The highest BCUT2D eigenvalue weighted by Gasteiger charge is 2.31. The second-order valence-corrected chi connectivity index (χ2v) is 4.76. The predicted octanol–water partition coefficient (Wildman–Crippen LogP) is 3.10. The molecule has 0 amide bonds. The van der Waals surface area contributed by atoms with Gasteiger partial charge in [0.25, 0.3) is 0 Å². The third kappa shape index (κ3) is 3.22. The fraction of sp³-hybridized carbons (Fsp3) is 0.500. The van der Waals surface area contributed by atoms with Gasteiger partial charge in [0.2, 0.25) is 0 Å². The van der Waals surface area contributed by atoms with Crippen LogP contribution in [0.4, 0.5) is 4.39 Å². The van der Waals surface area contributed by atoms with Crippen molar-refractivity contribution in [2.45, 2.75) is 25.7 Å². The molecule has 0 bridgehead atoms. The number of halogens is 1. The maximum absolute atomic E-state index is 13.0. The Balaban J connectivity index is 1.95. The van der Waals surface area contributed by atoms with E-state index in [2.05, 4.69) is 0 Å². The van der Waals surface area contributed by atoms with Gasteiger partial charge in [-0.15, -0.1) is 0 Å². The summed E-state index contributed by atoms with van der Waals surface area (Å²) in [6, 6.07) is 5.79. The molecule has 1 aliphatic rings. The molecular weight excluding hydrogens is 235 g/mol. The smallest absolute Gasteiger partial charge is 0.310 e. The van der Waals surface area contributed by atoms with E-state index in [1.807, 2.05) is 0 Å². The molecule has 1 aromatic carbocycles. The number of aliphatic carboxylic acids is 1. The van der Waals surface area contributed by atoms with Crippen molar-refractivity contribution >= 4 is 5.97 Å². The fourth-order valence-electron chi connectivity index (χ4n) is 2.51. The van der Waals surface area contributed by atoms with Crippen molar-refractivity contribution < 1.29 is 19.0 Å². The summed E-state index contributed by atoms with van der Waals surface area (Å²) >= 11 is 0. The summed E-state index contributed by atoms with van der Waals surface area (Å²) in [5.41, 5.74) is 0. The van der Waals surface area contributed by atoms with Crippen LogP contribution in [-0.2, 0) is 4.79 Å². The zero-order valence-electron chi connectivity index (χ0n) is 10.1. The standard InChI is InChI=1S/C14H17FO3/c15-11-6-3-7-12(8-11)18-9-13(14(16)17)10-4-1-2-5-10/h3,6-8,10,13H,1-2,4-5,9H2,(H,16,17). The highest BCUT2D eigenvalue weighted by atomic mass is 19.1. The van der Waals surface area contributed by atoms with Crippen molar-refractivity contribution in [3.8, 4) is 5.75 Å². The number of carboxylic acids is 1. The van der Waals surface area contributed by atoms with Gasteiger partial charge in [0.15, 0.2) is 0 Å². The zero-order valence-corrected chi connectivity index (χ0v) is 10.1. The van der Waals surface area contributed by atoms with Crippen LogP contribution in [0.5, 0.6) is 5.75 Å². The Labute approximate surface area is 106 Å². The molecule has 0 aromatic heterocycles. The Morgan fingerprint density at radius 2 is 2.17 bits per heavy atom. The van der Waals surface area contributed by atoms with Gasteiger partial charge in [0, 0.05) is 6.07 Å². The monoisotopic (exact) mass is 252 g/mol. The second kappa shape index (κ2) is 5.85. The van der Waals surface area contributed by atoms with Gasteiger partial charge >= 0.3 is 5.97 Å². The van der Waals surface area contributed by atoms with Crippen molar-refractivity contribution in [2.24, 2.45) is 11.8 Å². The molecule has 0 heterocycles. The van der Waals surface area contributed by atoms with Gasteiger partial charge in [-0.2, -0.15) is 0 Å². The minimum atomic E-state index is -0.821. The molecule has 0 aliphatic heterocycles. The Morgan fingerprint density at radius 1 is 1.44 bits per heavy atom. The van der Waals surface area contributed by atoms with Crippen LogP contribution in [0.3, 0.4) is 0 Å². The van der Waals surface area contributed by atoms with Gasteiger partial charge in [-0.1, -0.05) is 18.9 Å². The maximum atomic E-state index is 13.0. The number of benzene rings is 1. The van der Waals surface area contributed by atoms with Gasteiger partial charge in [-0.05, 0) is 30.9 Å². The first-order valence-corrected chi connectivity index (χ1v) is 6.28. The van der Waals surface area contributed by atoms with Crippen molar-refractivity contribution in [3.05, 3.63) is 30.1 Å². The van der Waals surface area contributed by atoms with Gasteiger partial charge in [-0.25, -0.2) is 4.39 Å².